The molecule has 0 radical (unpaired) electrons. The van der Waals surface area contributed by atoms with Crippen LogP contribution >= 0.6 is 0 Å². The molecule has 0 atom stereocenters. The van der Waals surface area contributed by atoms with E-state index < -0.39 is 0 Å². The van der Waals surface area contributed by atoms with Gasteiger partial charge in [0.15, 0.2) is 0 Å². The molecule has 1 aromatic heterocycles. The van der Waals surface area contributed by atoms with Crippen LogP contribution < -0.4 is 5.73 Å². The van der Waals surface area contributed by atoms with Gasteiger partial charge in [-0.25, -0.2) is 0 Å². The summed E-state index contributed by atoms with van der Waals surface area (Å²) in [6, 6.07) is 4.27. The molecular weight excluding hydrogens is 258 g/mol. The highest BCUT2D eigenvalue weighted by atomic mass is 15.2. The van der Waals surface area contributed by atoms with Gasteiger partial charge in [0.05, 0.1) is 0 Å². The van der Waals surface area contributed by atoms with Gasteiger partial charge in [-0.3, -0.25) is 9.88 Å². The minimum Gasteiger partial charge on any atom is -0.329 e. The van der Waals surface area contributed by atoms with Gasteiger partial charge in [0.25, 0.3) is 0 Å². The Morgan fingerprint density at radius 2 is 1.67 bits per heavy atom. The Morgan fingerprint density at radius 3 is 2.19 bits per heavy atom. The normalized spacial score (nSPS) is 40.9. The number of nitrogens with two attached hydrogens (primary N) is 1. The molecule has 0 aliphatic heterocycles. The van der Waals surface area contributed by atoms with Gasteiger partial charge in [-0.1, -0.05) is 0 Å². The molecule has 3 nitrogen and oxygen atoms in total. The summed E-state index contributed by atoms with van der Waals surface area (Å²) in [4.78, 5) is 6.73. The highest BCUT2D eigenvalue weighted by molar-refractivity contribution is 5.15. The molecule has 4 aliphatic carbocycles. The zero-order valence-corrected chi connectivity index (χ0v) is 13.0. The maximum absolute atomic E-state index is 6.39. The van der Waals surface area contributed by atoms with Crippen molar-refractivity contribution in [1.82, 2.24) is 9.88 Å². The first kappa shape index (κ1) is 13.7. The minimum atomic E-state index is 0.247. The molecule has 3 heteroatoms. The van der Waals surface area contributed by atoms with Crippen molar-refractivity contribution in [2.75, 3.05) is 13.6 Å². The second kappa shape index (κ2) is 5.06. The van der Waals surface area contributed by atoms with Crippen LogP contribution in [0.5, 0.6) is 0 Å². The largest absolute Gasteiger partial charge is 0.329 e. The molecule has 114 valence electrons. The lowest BCUT2D eigenvalue weighted by atomic mass is 9.48. The molecule has 1 heterocycles. The van der Waals surface area contributed by atoms with Crippen molar-refractivity contribution in [3.05, 3.63) is 30.1 Å². The van der Waals surface area contributed by atoms with Gasteiger partial charge in [0, 0.05) is 31.0 Å². The van der Waals surface area contributed by atoms with Crippen LogP contribution in [0, 0.1) is 23.7 Å². The lowest BCUT2D eigenvalue weighted by Crippen LogP contribution is -2.68. The number of hydrogen-bond donors (Lipinski definition) is 1. The van der Waals surface area contributed by atoms with E-state index in [0.29, 0.717) is 0 Å². The van der Waals surface area contributed by atoms with Gasteiger partial charge >= 0.3 is 0 Å². The fourth-order valence-corrected chi connectivity index (χ4v) is 6.02. The van der Waals surface area contributed by atoms with E-state index in [1.807, 2.05) is 12.4 Å². The van der Waals surface area contributed by atoms with Gasteiger partial charge in [-0.2, -0.15) is 0 Å². The second-order valence-electron chi connectivity index (χ2n) is 7.71. The van der Waals surface area contributed by atoms with Crippen LogP contribution in [0.4, 0.5) is 0 Å². The number of rotatable bonds is 4. The Morgan fingerprint density at radius 1 is 1.10 bits per heavy atom. The second-order valence-corrected chi connectivity index (χ2v) is 7.71. The van der Waals surface area contributed by atoms with E-state index >= 15 is 0 Å². The summed E-state index contributed by atoms with van der Waals surface area (Å²) in [6.45, 7) is 1.82. The summed E-state index contributed by atoms with van der Waals surface area (Å²) < 4.78 is 0. The smallest absolute Gasteiger partial charge is 0.0388 e. The van der Waals surface area contributed by atoms with Crippen LogP contribution in [-0.4, -0.2) is 29.0 Å². The van der Waals surface area contributed by atoms with E-state index in [1.54, 1.807) is 0 Å². The van der Waals surface area contributed by atoms with Crippen molar-refractivity contribution < 1.29 is 0 Å². The van der Waals surface area contributed by atoms with E-state index in [4.69, 9.17) is 5.73 Å². The lowest BCUT2D eigenvalue weighted by Gasteiger charge is -2.64. The van der Waals surface area contributed by atoms with Gasteiger partial charge in [-0.15, -0.1) is 0 Å². The molecule has 4 fully saturated rings. The zero-order valence-electron chi connectivity index (χ0n) is 13.0. The fraction of sp³-hybridized carbons (Fsp3) is 0.722. The summed E-state index contributed by atoms with van der Waals surface area (Å²) in [5.41, 5.74) is 7.99. The molecule has 4 bridgehead atoms. The molecule has 5 rings (SSSR count). The Kier molecular flexibility index (Phi) is 3.31. The maximum atomic E-state index is 6.39. The molecule has 4 saturated carbocycles. The van der Waals surface area contributed by atoms with Crippen LogP contribution in [0.25, 0.3) is 0 Å². The topological polar surface area (TPSA) is 42.2 Å². The van der Waals surface area contributed by atoms with Crippen molar-refractivity contribution in [3.63, 3.8) is 0 Å². The molecule has 0 spiro atoms. The SMILES string of the molecule is CN(Cc1ccncc1)C1(CN)C2CC3CC(C2)CC1C3. The minimum absolute atomic E-state index is 0.247. The summed E-state index contributed by atoms with van der Waals surface area (Å²) >= 11 is 0. The molecule has 21 heavy (non-hydrogen) atoms. The first-order valence-electron chi connectivity index (χ1n) is 8.52. The predicted octanol–water partition coefficient (Wildman–Crippen LogP) is 2.67. The van der Waals surface area contributed by atoms with Gasteiger partial charge in [0.1, 0.15) is 0 Å². The van der Waals surface area contributed by atoms with E-state index in [9.17, 15) is 0 Å². The molecule has 2 N–H and O–H groups in total. The highest BCUT2D eigenvalue weighted by Gasteiger charge is 2.58. The van der Waals surface area contributed by atoms with Crippen LogP contribution in [0.15, 0.2) is 24.5 Å². The van der Waals surface area contributed by atoms with E-state index in [-0.39, 0.29) is 5.54 Å². The molecule has 4 aliphatic rings. The zero-order chi connectivity index (χ0) is 14.4. The number of nitrogens with zero attached hydrogens (tertiary/aromatic N) is 2. The lowest BCUT2D eigenvalue weighted by molar-refractivity contribution is -0.126. The third kappa shape index (κ3) is 2.05. The van der Waals surface area contributed by atoms with Gasteiger partial charge in [0.2, 0.25) is 0 Å². The van der Waals surface area contributed by atoms with Crippen molar-refractivity contribution >= 4 is 0 Å². The summed E-state index contributed by atoms with van der Waals surface area (Å²) in [7, 11) is 2.30. The van der Waals surface area contributed by atoms with E-state index in [0.717, 1.165) is 36.8 Å². The van der Waals surface area contributed by atoms with E-state index in [1.165, 1.54) is 37.7 Å². The maximum Gasteiger partial charge on any atom is 0.0388 e. The number of aromatic nitrogens is 1. The van der Waals surface area contributed by atoms with Crippen molar-refractivity contribution in [3.8, 4) is 0 Å². The van der Waals surface area contributed by atoms with Crippen molar-refractivity contribution in [2.45, 2.75) is 44.2 Å². The van der Waals surface area contributed by atoms with Gasteiger partial charge in [-0.05, 0) is 80.5 Å². The molecule has 0 aromatic carbocycles. The number of likely N-dealkylation sites (N-methyl/N-ethyl adjacent to an activating group) is 1. The number of hydrogen-bond acceptors (Lipinski definition) is 3. The van der Waals surface area contributed by atoms with Crippen molar-refractivity contribution in [1.29, 1.82) is 0 Å². The van der Waals surface area contributed by atoms with E-state index in [2.05, 4.69) is 29.1 Å². The Bertz CT molecular complexity index is 470. The van der Waals surface area contributed by atoms with Gasteiger partial charge < -0.3 is 5.73 Å². The summed E-state index contributed by atoms with van der Waals surface area (Å²) in [6.07, 6.45) is 11.0. The predicted molar refractivity (Wildman–Crippen MR) is 84.5 cm³/mol. The summed E-state index contributed by atoms with van der Waals surface area (Å²) in [5, 5.41) is 0. The fourth-order valence-electron chi connectivity index (χ4n) is 6.02. The highest BCUT2D eigenvalue weighted by Crippen LogP contribution is 2.59. The first-order chi connectivity index (χ1) is 10.2. The standard InChI is InChI=1S/C18H27N3/c1-21(11-13-2-4-20-5-3-13)18(12-19)16-7-14-6-15(9-16)10-17(18)8-14/h2-5,14-17H,6-12,19H2,1H3. The molecule has 0 saturated heterocycles. The van der Waals surface area contributed by atoms with Crippen LogP contribution in [0.1, 0.15) is 37.7 Å². The molecule has 1 aromatic rings. The third-order valence-corrected chi connectivity index (χ3v) is 6.76. The first-order valence-corrected chi connectivity index (χ1v) is 8.52. The number of pyridine rings is 1. The third-order valence-electron chi connectivity index (χ3n) is 6.76. The molecule has 0 amide bonds. The average molecular weight is 285 g/mol. The summed E-state index contributed by atoms with van der Waals surface area (Å²) in [5.74, 6) is 3.65. The Hall–Kier alpha value is -0.930. The quantitative estimate of drug-likeness (QED) is 0.925. The monoisotopic (exact) mass is 285 g/mol. The van der Waals surface area contributed by atoms with Crippen molar-refractivity contribution in [2.24, 2.45) is 29.4 Å². The Balaban J connectivity index is 1.61. The molecule has 0 unspecified atom stereocenters. The van der Waals surface area contributed by atoms with Crippen LogP contribution in [0.2, 0.25) is 0 Å². The van der Waals surface area contributed by atoms with Crippen LogP contribution in [0.3, 0.4) is 0 Å². The Labute approximate surface area is 127 Å². The van der Waals surface area contributed by atoms with Crippen LogP contribution in [-0.2, 0) is 6.54 Å². The average Bonchev–Trinajstić information content (AvgIpc) is 2.48. The molecular formula is C18H27N3.